The summed E-state index contributed by atoms with van der Waals surface area (Å²) >= 11 is 0. The standard InChI is InChI=1S/C18H12F3NO5/c1-22(10-4-2-9(3-5-10)17(25)26)14-15(24)12-7-6-11(23)8-13(12)27-16(14)18(19,20)21/h2-8,23H,1H3,(H,25,26). The van der Waals surface area contributed by atoms with Crippen molar-refractivity contribution in [2.75, 3.05) is 11.9 Å². The van der Waals surface area contributed by atoms with Crippen LogP contribution in [0.4, 0.5) is 24.5 Å². The Kier molecular flexibility index (Phi) is 4.30. The van der Waals surface area contributed by atoms with Gasteiger partial charge >= 0.3 is 12.1 Å². The van der Waals surface area contributed by atoms with Crippen LogP contribution in [0.3, 0.4) is 0 Å². The number of hydrogen-bond acceptors (Lipinski definition) is 5. The van der Waals surface area contributed by atoms with Gasteiger partial charge in [0.2, 0.25) is 11.2 Å². The van der Waals surface area contributed by atoms with Crippen LogP contribution in [0.1, 0.15) is 16.1 Å². The van der Waals surface area contributed by atoms with E-state index in [0.717, 1.165) is 17.0 Å². The number of fused-ring (bicyclic) bond motifs is 1. The molecule has 3 aromatic rings. The van der Waals surface area contributed by atoms with E-state index in [2.05, 4.69) is 0 Å². The zero-order valence-corrected chi connectivity index (χ0v) is 13.7. The lowest BCUT2D eigenvalue weighted by molar-refractivity contribution is -0.152. The molecule has 1 aromatic heterocycles. The number of carboxylic acid groups (broad SMARTS) is 1. The van der Waals surface area contributed by atoms with Gasteiger partial charge in [-0.2, -0.15) is 13.2 Å². The van der Waals surface area contributed by atoms with Gasteiger partial charge in [-0.05, 0) is 36.4 Å². The Morgan fingerprint density at radius 3 is 2.30 bits per heavy atom. The Bertz CT molecular complexity index is 1090. The fourth-order valence-electron chi connectivity index (χ4n) is 2.63. The van der Waals surface area contributed by atoms with E-state index in [1.54, 1.807) is 0 Å². The molecule has 140 valence electrons. The Labute approximate surface area is 149 Å². The van der Waals surface area contributed by atoms with Crippen LogP contribution < -0.4 is 10.3 Å². The largest absolute Gasteiger partial charge is 0.508 e. The number of phenols is 1. The topological polar surface area (TPSA) is 91.0 Å². The molecule has 0 amide bonds. The smallest absolute Gasteiger partial charge is 0.451 e. The minimum Gasteiger partial charge on any atom is -0.508 e. The highest BCUT2D eigenvalue weighted by Crippen LogP contribution is 2.38. The summed E-state index contributed by atoms with van der Waals surface area (Å²) in [5.41, 5.74) is -1.97. The van der Waals surface area contributed by atoms with Gasteiger partial charge < -0.3 is 19.5 Å². The molecule has 9 heteroatoms. The van der Waals surface area contributed by atoms with Gasteiger partial charge in [0, 0.05) is 18.8 Å². The molecule has 0 aliphatic rings. The third-order valence-electron chi connectivity index (χ3n) is 3.95. The van der Waals surface area contributed by atoms with Gasteiger partial charge in [-0.25, -0.2) is 4.79 Å². The quantitative estimate of drug-likeness (QED) is 0.715. The van der Waals surface area contributed by atoms with Crippen LogP contribution in [0.2, 0.25) is 0 Å². The van der Waals surface area contributed by atoms with E-state index in [-0.39, 0.29) is 22.4 Å². The number of nitrogens with zero attached hydrogens (tertiary/aromatic N) is 1. The summed E-state index contributed by atoms with van der Waals surface area (Å²) in [6, 6.07) is 8.25. The second-order valence-corrected chi connectivity index (χ2v) is 5.70. The molecule has 0 saturated carbocycles. The molecular weight excluding hydrogens is 367 g/mol. The third-order valence-corrected chi connectivity index (χ3v) is 3.95. The Balaban J connectivity index is 2.25. The van der Waals surface area contributed by atoms with Gasteiger partial charge in [-0.3, -0.25) is 4.79 Å². The van der Waals surface area contributed by atoms with Crippen molar-refractivity contribution >= 4 is 28.3 Å². The van der Waals surface area contributed by atoms with Gasteiger partial charge in [-0.15, -0.1) is 0 Å². The van der Waals surface area contributed by atoms with Crippen molar-refractivity contribution in [1.82, 2.24) is 0 Å². The first-order valence-electron chi connectivity index (χ1n) is 7.53. The van der Waals surface area contributed by atoms with Gasteiger partial charge in [0.1, 0.15) is 17.0 Å². The van der Waals surface area contributed by atoms with Crippen LogP contribution >= 0.6 is 0 Å². The van der Waals surface area contributed by atoms with E-state index in [0.29, 0.717) is 0 Å². The number of aromatic carboxylic acids is 1. The zero-order valence-electron chi connectivity index (χ0n) is 13.7. The molecule has 0 aliphatic carbocycles. The molecule has 0 saturated heterocycles. The lowest BCUT2D eigenvalue weighted by atomic mass is 10.1. The number of carboxylic acids is 1. The average Bonchev–Trinajstić information content (AvgIpc) is 2.60. The summed E-state index contributed by atoms with van der Waals surface area (Å²) in [6.07, 6.45) is -4.97. The van der Waals surface area contributed by atoms with Crippen LogP contribution in [0.15, 0.2) is 51.7 Å². The zero-order chi connectivity index (χ0) is 19.9. The number of hydrogen-bond donors (Lipinski definition) is 2. The van der Waals surface area contributed by atoms with Gasteiger partial charge in [0.15, 0.2) is 0 Å². The Hall–Kier alpha value is -3.49. The summed E-state index contributed by atoms with van der Waals surface area (Å²) in [4.78, 5) is 24.6. The highest BCUT2D eigenvalue weighted by molar-refractivity contribution is 5.88. The number of alkyl halides is 3. The van der Waals surface area contributed by atoms with Crippen molar-refractivity contribution in [1.29, 1.82) is 0 Å². The van der Waals surface area contributed by atoms with Gasteiger partial charge in [-0.1, -0.05) is 0 Å². The number of benzene rings is 2. The van der Waals surface area contributed by atoms with Crippen molar-refractivity contribution in [3.8, 4) is 5.75 Å². The molecule has 1 heterocycles. The molecule has 2 aromatic carbocycles. The second kappa shape index (κ2) is 6.35. The highest BCUT2D eigenvalue weighted by Gasteiger charge is 2.40. The van der Waals surface area contributed by atoms with E-state index >= 15 is 0 Å². The van der Waals surface area contributed by atoms with Crippen molar-refractivity contribution in [3.63, 3.8) is 0 Å². The molecule has 3 rings (SSSR count). The predicted molar refractivity (Wildman–Crippen MR) is 90.6 cm³/mol. The average molecular weight is 379 g/mol. The number of aromatic hydroxyl groups is 1. The molecule has 0 unspecified atom stereocenters. The SMILES string of the molecule is CN(c1ccc(C(=O)O)cc1)c1c(C(F)(F)F)oc2cc(O)ccc2c1=O. The molecule has 0 atom stereocenters. The maximum absolute atomic E-state index is 13.5. The second-order valence-electron chi connectivity index (χ2n) is 5.70. The van der Waals surface area contributed by atoms with Crippen LogP contribution in [0.5, 0.6) is 5.75 Å². The van der Waals surface area contributed by atoms with Gasteiger partial charge in [0.25, 0.3) is 0 Å². The minimum atomic E-state index is -4.97. The predicted octanol–water partition coefficient (Wildman–Crippen LogP) is 3.98. The number of anilines is 2. The molecule has 0 fully saturated rings. The number of rotatable bonds is 3. The molecule has 0 spiro atoms. The van der Waals surface area contributed by atoms with Crippen LogP contribution in [-0.4, -0.2) is 23.2 Å². The molecule has 0 aliphatic heterocycles. The summed E-state index contributed by atoms with van der Waals surface area (Å²) in [7, 11) is 1.24. The van der Waals surface area contributed by atoms with Crippen molar-refractivity contribution < 1.29 is 32.6 Å². The first-order valence-corrected chi connectivity index (χ1v) is 7.53. The number of carbonyl (C=O) groups is 1. The van der Waals surface area contributed by atoms with Crippen LogP contribution in [0.25, 0.3) is 11.0 Å². The molecule has 0 bridgehead atoms. The van der Waals surface area contributed by atoms with E-state index in [9.17, 15) is 27.9 Å². The lowest BCUT2D eigenvalue weighted by Crippen LogP contribution is -2.24. The third kappa shape index (κ3) is 3.31. The Morgan fingerprint density at radius 2 is 1.74 bits per heavy atom. The minimum absolute atomic E-state index is 0.0517. The number of phenolic OH excluding ortho intramolecular Hbond substituents is 1. The molecule has 6 nitrogen and oxygen atoms in total. The fourth-order valence-corrected chi connectivity index (χ4v) is 2.63. The van der Waals surface area contributed by atoms with E-state index < -0.39 is 34.6 Å². The van der Waals surface area contributed by atoms with Crippen molar-refractivity contribution in [2.24, 2.45) is 0 Å². The molecule has 2 N–H and O–H groups in total. The van der Waals surface area contributed by atoms with Crippen LogP contribution in [-0.2, 0) is 6.18 Å². The van der Waals surface area contributed by atoms with Crippen molar-refractivity contribution in [2.45, 2.75) is 6.18 Å². The summed E-state index contributed by atoms with van der Waals surface area (Å²) < 4.78 is 45.4. The molecular formula is C18H12F3NO5. The summed E-state index contributed by atoms with van der Waals surface area (Å²) in [6.45, 7) is 0. The molecule has 0 radical (unpaired) electrons. The maximum Gasteiger partial charge on any atom is 0.451 e. The summed E-state index contributed by atoms with van der Waals surface area (Å²) in [5.74, 6) is -3.05. The van der Waals surface area contributed by atoms with Crippen molar-refractivity contribution in [3.05, 3.63) is 64.0 Å². The first-order chi connectivity index (χ1) is 12.6. The Morgan fingerprint density at radius 1 is 1.11 bits per heavy atom. The number of halogens is 3. The summed E-state index contributed by atoms with van der Waals surface area (Å²) in [5, 5.41) is 18.2. The van der Waals surface area contributed by atoms with E-state index in [1.165, 1.54) is 37.4 Å². The fraction of sp³-hybridized carbons (Fsp3) is 0.111. The van der Waals surface area contributed by atoms with Crippen LogP contribution in [0, 0.1) is 0 Å². The first kappa shape index (κ1) is 18.3. The monoisotopic (exact) mass is 379 g/mol. The van der Waals surface area contributed by atoms with E-state index in [1.807, 2.05) is 0 Å². The highest BCUT2D eigenvalue weighted by atomic mass is 19.4. The maximum atomic E-state index is 13.5. The lowest BCUT2D eigenvalue weighted by Gasteiger charge is -2.22. The normalized spacial score (nSPS) is 11.6. The molecule has 27 heavy (non-hydrogen) atoms. The van der Waals surface area contributed by atoms with Gasteiger partial charge in [0.05, 0.1) is 10.9 Å². The van der Waals surface area contributed by atoms with E-state index in [4.69, 9.17) is 9.52 Å².